The Morgan fingerprint density at radius 2 is 2.09 bits per heavy atom. The van der Waals surface area contributed by atoms with E-state index in [1.165, 1.54) is 19.3 Å². The highest BCUT2D eigenvalue weighted by molar-refractivity contribution is 5.83. The van der Waals surface area contributed by atoms with Crippen molar-refractivity contribution in [3.8, 4) is 0 Å². The lowest BCUT2D eigenvalue weighted by atomic mass is 9.97. The number of aryl methyl sites for hydroxylation is 1. The fourth-order valence-electron chi connectivity index (χ4n) is 4.10. The molecule has 2 N–H and O–H groups in total. The lowest BCUT2D eigenvalue weighted by Gasteiger charge is -2.41. The molecule has 1 fully saturated rings. The molecule has 2 atom stereocenters. The van der Waals surface area contributed by atoms with E-state index in [1.54, 1.807) is 0 Å². The van der Waals surface area contributed by atoms with E-state index in [-0.39, 0.29) is 11.6 Å². The molecule has 2 aromatic rings. The lowest BCUT2D eigenvalue weighted by Crippen LogP contribution is -2.48. The van der Waals surface area contributed by atoms with Gasteiger partial charge in [0, 0.05) is 25.2 Å². The number of aromatic nitrogens is 2. The number of anilines is 1. The first kappa shape index (κ1) is 14.7. The fraction of sp³-hybridized carbons (Fsp3) is 0.556. The zero-order valence-electron chi connectivity index (χ0n) is 13.9. The van der Waals surface area contributed by atoms with Crippen LogP contribution in [-0.4, -0.2) is 22.1 Å². The highest BCUT2D eigenvalue weighted by atomic mass is 16.1. The van der Waals surface area contributed by atoms with Crippen LogP contribution in [0.25, 0.3) is 10.9 Å². The second-order valence-electron chi connectivity index (χ2n) is 7.04. The van der Waals surface area contributed by atoms with Crippen molar-refractivity contribution in [1.82, 2.24) is 9.55 Å². The van der Waals surface area contributed by atoms with Gasteiger partial charge in [0.25, 0.3) is 5.56 Å². The normalized spacial score (nSPS) is 21.9. The van der Waals surface area contributed by atoms with Crippen LogP contribution in [0.15, 0.2) is 16.9 Å². The summed E-state index contributed by atoms with van der Waals surface area (Å²) in [6.45, 7) is 5.74. The second-order valence-corrected chi connectivity index (χ2v) is 7.04. The predicted molar refractivity (Wildman–Crippen MR) is 92.9 cm³/mol. The predicted octanol–water partition coefficient (Wildman–Crippen LogP) is 2.49. The molecule has 0 radical (unpaired) electrons. The van der Waals surface area contributed by atoms with E-state index in [9.17, 15) is 4.79 Å². The first-order chi connectivity index (χ1) is 11.1. The molecule has 1 saturated heterocycles. The Balaban J connectivity index is 2.00. The molecule has 3 heterocycles. The van der Waals surface area contributed by atoms with Crippen molar-refractivity contribution >= 4 is 16.9 Å². The van der Waals surface area contributed by atoms with Crippen LogP contribution in [0, 0.1) is 6.92 Å². The third-order valence-corrected chi connectivity index (χ3v) is 5.27. The molecular formula is C18H24N4O. The third-order valence-electron chi connectivity index (χ3n) is 5.27. The maximum absolute atomic E-state index is 13.0. The van der Waals surface area contributed by atoms with Gasteiger partial charge in [-0.15, -0.1) is 0 Å². The van der Waals surface area contributed by atoms with Gasteiger partial charge in [-0.3, -0.25) is 9.36 Å². The Bertz CT molecular complexity index is 824. The van der Waals surface area contributed by atoms with Gasteiger partial charge in [0.15, 0.2) is 0 Å². The van der Waals surface area contributed by atoms with Crippen LogP contribution in [-0.2, 0) is 6.54 Å². The van der Waals surface area contributed by atoms with E-state index in [2.05, 4.69) is 11.0 Å². The van der Waals surface area contributed by atoms with Crippen molar-refractivity contribution in [2.75, 3.05) is 11.4 Å². The Morgan fingerprint density at radius 3 is 2.87 bits per heavy atom. The molecule has 0 amide bonds. The summed E-state index contributed by atoms with van der Waals surface area (Å²) in [6, 6.07) is 4.42. The minimum absolute atomic E-state index is 0.0830. The van der Waals surface area contributed by atoms with E-state index in [0.717, 1.165) is 42.1 Å². The molecule has 4 rings (SSSR count). The molecule has 23 heavy (non-hydrogen) atoms. The molecular weight excluding hydrogens is 288 g/mol. The maximum atomic E-state index is 13.0. The molecule has 0 aliphatic carbocycles. The maximum Gasteiger partial charge on any atom is 0.262 e. The molecule has 0 bridgehead atoms. The SMILES string of the molecule is Cc1cc([C@@H](C)N)c2nc3n(c(=O)c2c1)CCC1CCCCN31. The zero-order valence-corrected chi connectivity index (χ0v) is 13.9. The van der Waals surface area contributed by atoms with E-state index in [4.69, 9.17) is 10.7 Å². The van der Waals surface area contributed by atoms with Crippen LogP contribution in [0.3, 0.4) is 0 Å². The molecule has 1 aromatic heterocycles. The Labute approximate surface area is 136 Å². The van der Waals surface area contributed by atoms with Gasteiger partial charge in [-0.2, -0.15) is 0 Å². The van der Waals surface area contributed by atoms with E-state index < -0.39 is 0 Å². The van der Waals surface area contributed by atoms with Gasteiger partial charge in [0.1, 0.15) is 0 Å². The van der Waals surface area contributed by atoms with Gasteiger partial charge >= 0.3 is 0 Å². The molecule has 5 heteroatoms. The Hall–Kier alpha value is -1.88. The van der Waals surface area contributed by atoms with Gasteiger partial charge in [-0.25, -0.2) is 4.98 Å². The van der Waals surface area contributed by atoms with Gasteiger partial charge in [-0.1, -0.05) is 6.07 Å². The van der Waals surface area contributed by atoms with E-state index >= 15 is 0 Å². The average Bonchev–Trinajstić information content (AvgIpc) is 2.55. The van der Waals surface area contributed by atoms with Gasteiger partial charge in [0.2, 0.25) is 5.95 Å². The smallest absolute Gasteiger partial charge is 0.262 e. The molecule has 5 nitrogen and oxygen atoms in total. The minimum Gasteiger partial charge on any atom is -0.339 e. The molecule has 0 spiro atoms. The number of hydrogen-bond acceptors (Lipinski definition) is 4. The van der Waals surface area contributed by atoms with Crippen molar-refractivity contribution in [2.45, 2.75) is 58.2 Å². The quantitative estimate of drug-likeness (QED) is 0.878. The number of nitrogens with zero attached hydrogens (tertiary/aromatic N) is 3. The molecule has 2 aliphatic rings. The van der Waals surface area contributed by atoms with E-state index in [1.807, 2.05) is 24.5 Å². The van der Waals surface area contributed by atoms with Gasteiger partial charge < -0.3 is 10.6 Å². The first-order valence-electron chi connectivity index (χ1n) is 8.63. The molecule has 1 unspecified atom stereocenters. The summed E-state index contributed by atoms with van der Waals surface area (Å²) in [7, 11) is 0. The summed E-state index contributed by atoms with van der Waals surface area (Å²) in [4.78, 5) is 20.3. The monoisotopic (exact) mass is 312 g/mol. The Morgan fingerprint density at radius 1 is 1.26 bits per heavy atom. The molecule has 0 saturated carbocycles. The van der Waals surface area contributed by atoms with Crippen LogP contribution in [0.5, 0.6) is 0 Å². The number of hydrogen-bond donors (Lipinski definition) is 1. The highest BCUT2D eigenvalue weighted by Crippen LogP contribution is 2.31. The van der Waals surface area contributed by atoms with Gasteiger partial charge in [-0.05, 0) is 56.7 Å². The molecule has 122 valence electrons. The third kappa shape index (κ3) is 2.26. The van der Waals surface area contributed by atoms with Crippen LogP contribution in [0.4, 0.5) is 5.95 Å². The molecule has 2 aliphatic heterocycles. The number of fused-ring (bicyclic) bond motifs is 4. The summed E-state index contributed by atoms with van der Waals surface area (Å²) in [6.07, 6.45) is 4.72. The lowest BCUT2D eigenvalue weighted by molar-refractivity contribution is 0.372. The van der Waals surface area contributed by atoms with Crippen LogP contribution < -0.4 is 16.2 Å². The van der Waals surface area contributed by atoms with Crippen molar-refractivity contribution in [1.29, 1.82) is 0 Å². The van der Waals surface area contributed by atoms with E-state index in [0.29, 0.717) is 11.4 Å². The fourth-order valence-corrected chi connectivity index (χ4v) is 4.10. The van der Waals surface area contributed by atoms with Crippen LogP contribution >= 0.6 is 0 Å². The summed E-state index contributed by atoms with van der Waals surface area (Å²) >= 11 is 0. The summed E-state index contributed by atoms with van der Waals surface area (Å²) in [5, 5.41) is 0.705. The average molecular weight is 312 g/mol. The Kier molecular flexibility index (Phi) is 3.41. The minimum atomic E-state index is -0.131. The topological polar surface area (TPSA) is 64.1 Å². The van der Waals surface area contributed by atoms with Crippen LogP contribution in [0.1, 0.15) is 49.8 Å². The second kappa shape index (κ2) is 5.34. The number of rotatable bonds is 1. The van der Waals surface area contributed by atoms with Crippen molar-refractivity contribution in [3.63, 3.8) is 0 Å². The van der Waals surface area contributed by atoms with Crippen molar-refractivity contribution in [3.05, 3.63) is 33.6 Å². The van der Waals surface area contributed by atoms with Gasteiger partial charge in [0.05, 0.1) is 10.9 Å². The standard InChI is InChI=1S/C18H24N4O/c1-11-9-14(12(2)19)16-15(10-11)17(23)22-8-6-13-5-3-4-7-21(13)18(22)20-16/h9-10,12-13H,3-8,19H2,1-2H3/t12-,13?/m1/s1. The first-order valence-corrected chi connectivity index (χ1v) is 8.63. The number of nitrogens with two attached hydrogens (primary N) is 1. The largest absolute Gasteiger partial charge is 0.339 e. The highest BCUT2D eigenvalue weighted by Gasteiger charge is 2.31. The summed E-state index contributed by atoms with van der Waals surface area (Å²) < 4.78 is 1.87. The van der Waals surface area contributed by atoms with Crippen LogP contribution in [0.2, 0.25) is 0 Å². The zero-order chi connectivity index (χ0) is 16.1. The number of benzene rings is 1. The van der Waals surface area contributed by atoms with Crippen molar-refractivity contribution in [2.24, 2.45) is 5.73 Å². The van der Waals surface area contributed by atoms with Crippen molar-refractivity contribution < 1.29 is 0 Å². The molecule has 1 aromatic carbocycles. The summed E-state index contributed by atoms with van der Waals surface area (Å²) in [5.41, 5.74) is 9.05. The number of piperidine rings is 1. The summed E-state index contributed by atoms with van der Waals surface area (Å²) in [5.74, 6) is 0.851.